The summed E-state index contributed by atoms with van der Waals surface area (Å²) >= 11 is 6.63. The fraction of sp³-hybridized carbons (Fsp3) is 0.650. The smallest absolute Gasteiger partial charge is 0.426 e. The van der Waals surface area contributed by atoms with E-state index in [1.54, 1.807) is 0 Å². The first kappa shape index (κ1) is 20.7. The Morgan fingerprint density at radius 3 is 2.22 bits per heavy atom. The highest BCUT2D eigenvalue weighted by atomic mass is 35.5. The van der Waals surface area contributed by atoms with Gasteiger partial charge in [0.1, 0.15) is 0 Å². The number of amides is 1. The molecule has 3 fully saturated rings. The van der Waals surface area contributed by atoms with E-state index in [4.69, 9.17) is 17.3 Å². The molecule has 5 nitrogen and oxygen atoms in total. The highest BCUT2D eigenvalue weighted by Gasteiger charge is 2.48. The molecule has 0 aliphatic heterocycles. The third kappa shape index (κ3) is 4.68. The Morgan fingerprint density at radius 1 is 1.11 bits per heavy atom. The standard InChI is InChI=1S/C20H30BClN2O3/c22-20-11-8-19(9-12-20,10-13-20)16-6-4-15(5-7-16)18(25)24-17(21(26)27)3-1-2-14-23/h4-7,17,26-27H,1-3,8-14,23H2,(H,24,25). The molecule has 0 saturated heterocycles. The molecule has 148 valence electrons. The predicted octanol–water partition coefficient (Wildman–Crippen LogP) is 2.51. The topological polar surface area (TPSA) is 95.6 Å². The molecule has 2 bridgehead atoms. The van der Waals surface area contributed by atoms with Crippen LogP contribution in [0.25, 0.3) is 0 Å². The van der Waals surface area contributed by atoms with Gasteiger partial charge in [0, 0.05) is 10.4 Å². The van der Waals surface area contributed by atoms with Crippen molar-refractivity contribution in [1.29, 1.82) is 0 Å². The number of nitrogens with one attached hydrogen (secondary N) is 1. The quantitative estimate of drug-likeness (QED) is 0.310. The van der Waals surface area contributed by atoms with E-state index >= 15 is 0 Å². The van der Waals surface area contributed by atoms with Crippen molar-refractivity contribution in [3.05, 3.63) is 35.4 Å². The molecule has 0 heterocycles. The first-order valence-corrected chi connectivity index (χ1v) is 10.4. The zero-order valence-corrected chi connectivity index (χ0v) is 16.5. The molecule has 3 saturated carbocycles. The maximum atomic E-state index is 12.5. The minimum absolute atomic E-state index is 0.0195. The average molecular weight is 393 g/mol. The number of alkyl halides is 1. The zero-order valence-electron chi connectivity index (χ0n) is 15.8. The lowest BCUT2D eigenvalue weighted by atomic mass is 9.57. The third-order valence-corrected chi connectivity index (χ3v) is 7.13. The number of nitrogens with two attached hydrogens (primary N) is 1. The van der Waals surface area contributed by atoms with E-state index < -0.39 is 13.1 Å². The first-order chi connectivity index (χ1) is 12.9. The molecule has 7 heteroatoms. The van der Waals surface area contributed by atoms with Crippen LogP contribution in [0.5, 0.6) is 0 Å². The first-order valence-electron chi connectivity index (χ1n) is 10.0. The van der Waals surface area contributed by atoms with Gasteiger partial charge in [-0.1, -0.05) is 18.6 Å². The summed E-state index contributed by atoms with van der Waals surface area (Å²) in [6, 6.07) is 7.80. The lowest BCUT2D eigenvalue weighted by Crippen LogP contribution is -2.46. The van der Waals surface area contributed by atoms with Crippen molar-refractivity contribution in [2.45, 2.75) is 74.0 Å². The Labute approximate surface area is 166 Å². The minimum Gasteiger partial charge on any atom is -0.426 e. The van der Waals surface area contributed by atoms with E-state index in [0.29, 0.717) is 18.5 Å². The molecule has 3 aliphatic carbocycles. The number of fused-ring (bicyclic) bond motifs is 3. The van der Waals surface area contributed by atoms with E-state index in [2.05, 4.69) is 17.4 Å². The van der Waals surface area contributed by atoms with Crippen molar-refractivity contribution in [3.63, 3.8) is 0 Å². The SMILES string of the molecule is NCCCCC(NC(=O)c1ccc(C23CCC(Cl)(CC2)CC3)cc1)B(O)O. The second-order valence-electron chi connectivity index (χ2n) is 8.29. The molecular weight excluding hydrogens is 362 g/mol. The van der Waals surface area contributed by atoms with Crippen LogP contribution in [0.15, 0.2) is 24.3 Å². The monoisotopic (exact) mass is 392 g/mol. The van der Waals surface area contributed by atoms with Crippen LogP contribution in [0.2, 0.25) is 0 Å². The van der Waals surface area contributed by atoms with Crippen LogP contribution >= 0.6 is 11.6 Å². The van der Waals surface area contributed by atoms with Crippen LogP contribution < -0.4 is 11.1 Å². The van der Waals surface area contributed by atoms with Gasteiger partial charge in [-0.3, -0.25) is 4.79 Å². The van der Waals surface area contributed by atoms with Crippen molar-refractivity contribution in [1.82, 2.24) is 5.32 Å². The van der Waals surface area contributed by atoms with Crippen LogP contribution in [-0.2, 0) is 5.41 Å². The van der Waals surface area contributed by atoms with Crippen molar-refractivity contribution in [2.75, 3.05) is 6.54 Å². The molecule has 5 N–H and O–H groups in total. The van der Waals surface area contributed by atoms with Gasteiger partial charge >= 0.3 is 7.12 Å². The highest BCUT2D eigenvalue weighted by molar-refractivity contribution is 6.43. The Balaban J connectivity index is 1.63. The molecule has 0 radical (unpaired) electrons. The largest absolute Gasteiger partial charge is 0.475 e. The van der Waals surface area contributed by atoms with Crippen LogP contribution in [0.4, 0.5) is 0 Å². The van der Waals surface area contributed by atoms with Crippen LogP contribution in [0.3, 0.4) is 0 Å². The van der Waals surface area contributed by atoms with Crippen molar-refractivity contribution < 1.29 is 14.8 Å². The minimum atomic E-state index is -1.58. The lowest BCUT2D eigenvalue weighted by molar-refractivity contribution is 0.0940. The fourth-order valence-electron chi connectivity index (χ4n) is 4.60. The number of rotatable bonds is 8. The van der Waals surface area contributed by atoms with E-state index in [1.165, 1.54) is 5.56 Å². The molecule has 1 unspecified atom stereocenters. The summed E-state index contributed by atoms with van der Waals surface area (Å²) in [6.07, 6.45) is 8.55. The molecule has 1 atom stereocenters. The van der Waals surface area contributed by atoms with E-state index in [1.807, 2.05) is 12.1 Å². The molecule has 3 aliphatic rings. The number of carbonyl (C=O) groups excluding carboxylic acids is 1. The van der Waals surface area contributed by atoms with Crippen molar-refractivity contribution in [3.8, 4) is 0 Å². The average Bonchev–Trinajstić information content (AvgIpc) is 2.68. The molecule has 0 aromatic heterocycles. The van der Waals surface area contributed by atoms with Crippen LogP contribution in [0, 0.1) is 0 Å². The summed E-state index contributed by atoms with van der Waals surface area (Å²) < 4.78 is 0. The Kier molecular flexibility index (Phi) is 6.52. The third-order valence-electron chi connectivity index (χ3n) is 6.56. The number of benzene rings is 1. The lowest BCUT2D eigenvalue weighted by Gasteiger charge is -2.51. The van der Waals surface area contributed by atoms with Crippen molar-refractivity contribution >= 4 is 24.6 Å². The Morgan fingerprint density at radius 2 is 1.70 bits per heavy atom. The summed E-state index contributed by atoms with van der Waals surface area (Å²) in [4.78, 5) is 12.5. The number of hydrogen-bond acceptors (Lipinski definition) is 4. The second kappa shape index (κ2) is 8.52. The summed E-state index contributed by atoms with van der Waals surface area (Å²) in [7, 11) is -1.58. The molecule has 27 heavy (non-hydrogen) atoms. The summed E-state index contributed by atoms with van der Waals surface area (Å²) in [5, 5.41) is 21.8. The van der Waals surface area contributed by atoms with Gasteiger partial charge in [-0.25, -0.2) is 0 Å². The van der Waals surface area contributed by atoms with Gasteiger partial charge in [0.05, 0.1) is 5.94 Å². The Bertz CT molecular complexity index is 629. The van der Waals surface area contributed by atoms with Gasteiger partial charge in [-0.2, -0.15) is 0 Å². The fourth-order valence-corrected chi connectivity index (χ4v) is 4.89. The number of halogens is 1. The van der Waals surface area contributed by atoms with Gasteiger partial charge in [0.25, 0.3) is 5.91 Å². The van der Waals surface area contributed by atoms with Gasteiger partial charge in [-0.05, 0) is 81.0 Å². The normalized spacial score (nSPS) is 28.0. The number of hydrogen-bond donors (Lipinski definition) is 4. The number of unbranched alkanes of at least 4 members (excludes halogenated alkanes) is 1. The highest BCUT2D eigenvalue weighted by Crippen LogP contribution is 2.56. The van der Waals surface area contributed by atoms with E-state index in [-0.39, 0.29) is 16.2 Å². The van der Waals surface area contributed by atoms with Gasteiger partial charge in [0.2, 0.25) is 0 Å². The molecule has 0 spiro atoms. The van der Waals surface area contributed by atoms with Crippen LogP contribution in [-0.4, -0.2) is 40.4 Å². The van der Waals surface area contributed by atoms with Crippen LogP contribution in [0.1, 0.15) is 73.7 Å². The number of carbonyl (C=O) groups is 1. The summed E-state index contributed by atoms with van der Waals surface area (Å²) in [5.74, 6) is -0.965. The zero-order chi connectivity index (χ0) is 19.5. The molecule has 4 rings (SSSR count). The van der Waals surface area contributed by atoms with Crippen molar-refractivity contribution in [2.24, 2.45) is 5.73 Å². The molecule has 1 aromatic rings. The maximum absolute atomic E-state index is 12.5. The molecule has 1 aromatic carbocycles. The molecule has 1 amide bonds. The summed E-state index contributed by atoms with van der Waals surface area (Å²) in [6.45, 7) is 0.552. The maximum Gasteiger partial charge on any atom is 0.475 e. The van der Waals surface area contributed by atoms with Gasteiger partial charge in [-0.15, -0.1) is 11.6 Å². The van der Waals surface area contributed by atoms with Gasteiger partial charge < -0.3 is 21.1 Å². The molecular formula is C20H30BClN2O3. The Hall–Kier alpha value is -1.08. The van der Waals surface area contributed by atoms with E-state index in [9.17, 15) is 14.8 Å². The van der Waals surface area contributed by atoms with E-state index in [0.717, 1.165) is 51.4 Å². The second-order valence-corrected chi connectivity index (χ2v) is 9.09. The summed E-state index contributed by atoms with van der Waals surface area (Å²) in [5.41, 5.74) is 7.51. The predicted molar refractivity (Wildman–Crippen MR) is 109 cm³/mol. The van der Waals surface area contributed by atoms with Gasteiger partial charge in [0.15, 0.2) is 0 Å².